The van der Waals surface area contributed by atoms with Gasteiger partial charge in [-0.05, 0) is 80.6 Å². The molecule has 10 heteroatoms. The number of anilines is 1. The molecule has 0 unspecified atom stereocenters. The van der Waals surface area contributed by atoms with E-state index in [1.807, 2.05) is 43.5 Å². The molecule has 1 atom stereocenters. The van der Waals surface area contributed by atoms with Gasteiger partial charge in [-0.15, -0.1) is 10.2 Å². The second-order valence-electron chi connectivity index (χ2n) is 11.8. The van der Waals surface area contributed by atoms with Crippen molar-refractivity contribution in [3.05, 3.63) is 71.1 Å². The summed E-state index contributed by atoms with van der Waals surface area (Å²) in [6, 6.07) is 18.1. The van der Waals surface area contributed by atoms with E-state index >= 15 is 0 Å². The van der Waals surface area contributed by atoms with E-state index in [1.165, 1.54) is 0 Å². The molecular weight excluding hydrogens is 538 g/mol. The van der Waals surface area contributed by atoms with Crippen LogP contribution in [0.3, 0.4) is 0 Å². The van der Waals surface area contributed by atoms with Gasteiger partial charge in [0.25, 0.3) is 0 Å². The quantitative estimate of drug-likeness (QED) is 0.264. The number of aromatic nitrogens is 4. The van der Waals surface area contributed by atoms with E-state index in [2.05, 4.69) is 43.9 Å². The molecule has 2 aromatic heterocycles. The van der Waals surface area contributed by atoms with Crippen LogP contribution in [0, 0.1) is 17.2 Å². The highest BCUT2D eigenvalue weighted by Gasteiger charge is 2.29. The first-order valence-electron chi connectivity index (χ1n) is 13.7. The number of carbonyl (C=O) groups excluding carboxylic acids is 1. The lowest BCUT2D eigenvalue weighted by atomic mass is 10.1. The van der Waals surface area contributed by atoms with Crippen molar-refractivity contribution in [1.82, 2.24) is 24.2 Å². The Morgan fingerprint density at radius 3 is 2.71 bits per heavy atom. The summed E-state index contributed by atoms with van der Waals surface area (Å²) >= 11 is 7.01. The molecule has 4 aromatic rings. The van der Waals surface area contributed by atoms with Gasteiger partial charge in [0, 0.05) is 37.9 Å². The summed E-state index contributed by atoms with van der Waals surface area (Å²) in [5.74, 6) is 1.08. The van der Waals surface area contributed by atoms with Crippen LogP contribution in [0.1, 0.15) is 38.3 Å². The van der Waals surface area contributed by atoms with Crippen LogP contribution in [-0.2, 0) is 11.3 Å². The average molecular weight is 570 g/mol. The Hall–Kier alpha value is -4.29. The van der Waals surface area contributed by atoms with Gasteiger partial charge in [0.15, 0.2) is 5.82 Å². The van der Waals surface area contributed by atoms with Gasteiger partial charge in [-0.25, -0.2) is 4.79 Å². The van der Waals surface area contributed by atoms with E-state index in [0.29, 0.717) is 29.7 Å². The maximum Gasteiger partial charge on any atom is 0.410 e. The van der Waals surface area contributed by atoms with Crippen LogP contribution in [0.5, 0.6) is 0 Å². The minimum absolute atomic E-state index is 0.287. The summed E-state index contributed by atoms with van der Waals surface area (Å²) in [4.78, 5) is 16.5. The molecule has 2 aliphatic rings. The summed E-state index contributed by atoms with van der Waals surface area (Å²) in [5.41, 5.74) is 6.08. The van der Waals surface area contributed by atoms with Gasteiger partial charge in [-0.3, -0.25) is 4.57 Å². The summed E-state index contributed by atoms with van der Waals surface area (Å²) in [5, 5.41) is 18.5. The molecule has 9 nitrogen and oxygen atoms in total. The van der Waals surface area contributed by atoms with Crippen molar-refractivity contribution in [2.45, 2.75) is 39.3 Å². The van der Waals surface area contributed by atoms with Gasteiger partial charge in [-0.2, -0.15) is 5.26 Å². The molecule has 210 valence electrons. The predicted molar refractivity (Wildman–Crippen MR) is 158 cm³/mol. The fraction of sp³-hybridized carbons (Fsp3) is 0.355. The first-order chi connectivity index (χ1) is 19.6. The molecule has 2 aliphatic heterocycles. The van der Waals surface area contributed by atoms with Crippen molar-refractivity contribution in [3.63, 3.8) is 0 Å². The number of benzene rings is 2. The Morgan fingerprint density at radius 1 is 1.20 bits per heavy atom. The third kappa shape index (κ3) is 5.16. The smallest absolute Gasteiger partial charge is 0.410 e. The van der Waals surface area contributed by atoms with E-state index in [1.54, 1.807) is 30.4 Å². The van der Waals surface area contributed by atoms with Crippen LogP contribution in [-0.4, -0.2) is 62.6 Å². The van der Waals surface area contributed by atoms with Gasteiger partial charge >= 0.3 is 6.09 Å². The maximum absolute atomic E-state index is 12.5. The van der Waals surface area contributed by atoms with Crippen molar-refractivity contribution >= 4 is 23.4 Å². The number of nitrogens with zero attached hydrogens (tertiary/aromatic N) is 7. The van der Waals surface area contributed by atoms with Crippen LogP contribution < -0.4 is 4.90 Å². The van der Waals surface area contributed by atoms with Gasteiger partial charge in [0.2, 0.25) is 0 Å². The molecule has 2 aromatic carbocycles. The molecule has 4 heterocycles. The predicted octanol–water partition coefficient (Wildman–Crippen LogP) is 5.98. The van der Waals surface area contributed by atoms with Crippen molar-refractivity contribution in [2.75, 3.05) is 31.6 Å². The highest BCUT2D eigenvalue weighted by atomic mass is 35.5. The summed E-state index contributed by atoms with van der Waals surface area (Å²) in [6.07, 6.45) is 2.46. The summed E-state index contributed by atoms with van der Waals surface area (Å²) in [7, 11) is 1.81. The van der Waals surface area contributed by atoms with Gasteiger partial charge in [-0.1, -0.05) is 23.7 Å². The standard InChI is InChI=1S/C31H32ClN7O2/c1-31(2,3)41-30(40)36(4)16-21-11-12-37(17-21)24-9-10-26-23(13-24)18-38-27(29-35-34-19-39(26)29)14-25(28(38)32)22-7-5-20(15-33)6-8-22/h5-10,13-14,19,21H,11-12,16-18H2,1-4H3/t21-/m0/s1. The zero-order valence-electron chi connectivity index (χ0n) is 23.6. The first-order valence-corrected chi connectivity index (χ1v) is 14.1. The Kier molecular flexibility index (Phi) is 6.74. The molecule has 6 rings (SSSR count). The molecule has 0 radical (unpaired) electrons. The molecule has 0 spiro atoms. The lowest BCUT2D eigenvalue weighted by Gasteiger charge is -2.26. The highest BCUT2D eigenvalue weighted by molar-refractivity contribution is 6.32. The number of hydrogen-bond acceptors (Lipinski definition) is 6. The number of ether oxygens (including phenoxy) is 1. The maximum atomic E-state index is 12.5. The topological polar surface area (TPSA) is 92.2 Å². The van der Waals surface area contributed by atoms with E-state index in [-0.39, 0.29) is 6.09 Å². The van der Waals surface area contributed by atoms with E-state index in [0.717, 1.165) is 59.1 Å². The number of amides is 1. The monoisotopic (exact) mass is 569 g/mol. The molecule has 1 amide bonds. The molecule has 0 aliphatic carbocycles. The summed E-state index contributed by atoms with van der Waals surface area (Å²) in [6.45, 7) is 8.67. The molecule has 0 N–H and O–H groups in total. The van der Waals surface area contributed by atoms with Gasteiger partial charge < -0.3 is 19.1 Å². The second kappa shape index (κ2) is 10.3. The Balaban J connectivity index is 1.26. The van der Waals surface area contributed by atoms with Crippen molar-refractivity contribution in [2.24, 2.45) is 5.92 Å². The Morgan fingerprint density at radius 2 is 1.98 bits per heavy atom. The van der Waals surface area contributed by atoms with Crippen molar-refractivity contribution in [1.29, 1.82) is 5.26 Å². The molecular formula is C31H32ClN7O2. The van der Waals surface area contributed by atoms with Crippen LogP contribution in [0.2, 0.25) is 5.15 Å². The zero-order valence-corrected chi connectivity index (χ0v) is 24.4. The number of carbonyl (C=O) groups is 1. The lowest BCUT2D eigenvalue weighted by molar-refractivity contribution is 0.0277. The molecule has 1 fully saturated rings. The van der Waals surface area contributed by atoms with Crippen LogP contribution in [0.4, 0.5) is 10.5 Å². The number of rotatable bonds is 4. The Bertz CT molecular complexity index is 1660. The van der Waals surface area contributed by atoms with E-state index in [9.17, 15) is 10.1 Å². The number of hydrogen-bond donors (Lipinski definition) is 0. The van der Waals surface area contributed by atoms with Gasteiger partial charge in [0.1, 0.15) is 17.1 Å². The highest BCUT2D eigenvalue weighted by Crippen LogP contribution is 2.40. The first kappa shape index (κ1) is 26.9. The molecule has 0 saturated carbocycles. The van der Waals surface area contributed by atoms with Crippen LogP contribution in [0.15, 0.2) is 54.9 Å². The minimum atomic E-state index is -0.509. The van der Waals surface area contributed by atoms with E-state index in [4.69, 9.17) is 16.3 Å². The van der Waals surface area contributed by atoms with E-state index < -0.39 is 5.60 Å². The van der Waals surface area contributed by atoms with Crippen LogP contribution in [0.25, 0.3) is 28.3 Å². The molecule has 0 bridgehead atoms. The second-order valence-corrected chi connectivity index (χ2v) is 12.2. The Labute approximate surface area is 244 Å². The number of nitriles is 1. The average Bonchev–Trinajstić information content (AvgIpc) is 3.66. The number of fused-ring (bicyclic) bond motifs is 5. The lowest BCUT2D eigenvalue weighted by Crippen LogP contribution is -2.37. The number of halogens is 1. The largest absolute Gasteiger partial charge is 0.444 e. The van der Waals surface area contributed by atoms with Crippen molar-refractivity contribution < 1.29 is 9.53 Å². The normalized spacial score (nSPS) is 15.9. The van der Waals surface area contributed by atoms with Gasteiger partial charge in [0.05, 0.1) is 29.6 Å². The van der Waals surface area contributed by atoms with Crippen molar-refractivity contribution in [3.8, 4) is 34.4 Å². The SMILES string of the molecule is CN(C[C@@H]1CCN(c2ccc3c(c2)Cn2c(cc(-c4ccc(C#N)cc4)c2Cl)-c2nncn2-3)C1)C(=O)OC(C)(C)C. The third-order valence-electron chi connectivity index (χ3n) is 7.67. The third-order valence-corrected chi connectivity index (χ3v) is 8.08. The van der Waals surface area contributed by atoms with Crippen LogP contribution >= 0.6 is 11.6 Å². The molecule has 1 saturated heterocycles. The fourth-order valence-corrected chi connectivity index (χ4v) is 6.01. The zero-order chi connectivity index (χ0) is 28.9. The minimum Gasteiger partial charge on any atom is -0.444 e. The summed E-state index contributed by atoms with van der Waals surface area (Å²) < 4.78 is 9.62. The molecule has 41 heavy (non-hydrogen) atoms. The fourth-order valence-electron chi connectivity index (χ4n) is 5.70.